The highest BCUT2D eigenvalue weighted by molar-refractivity contribution is 5.81. The molecule has 0 N–H and O–H groups in total. The Morgan fingerprint density at radius 1 is 1.56 bits per heavy atom. The first-order valence-corrected chi connectivity index (χ1v) is 4.90. The molecule has 0 bridgehead atoms. The van der Waals surface area contributed by atoms with E-state index in [1.54, 1.807) is 19.9 Å². The van der Waals surface area contributed by atoms with Gasteiger partial charge in [-0.25, -0.2) is 4.39 Å². The number of hydrogen-bond acceptors (Lipinski definition) is 3. The summed E-state index contributed by atoms with van der Waals surface area (Å²) in [6, 6.07) is 5.79. The van der Waals surface area contributed by atoms with Crippen molar-refractivity contribution in [2.45, 2.75) is 13.8 Å². The van der Waals surface area contributed by atoms with Crippen LogP contribution < -0.4 is 4.74 Å². The topological polar surface area (TPSA) is 50.1 Å². The number of hydrogen-bond donors (Lipinski definition) is 0. The molecule has 0 aliphatic carbocycles. The van der Waals surface area contributed by atoms with Crippen molar-refractivity contribution in [2.24, 2.45) is 5.92 Å². The minimum Gasteiger partial charge on any atom is -0.484 e. The fourth-order valence-corrected chi connectivity index (χ4v) is 1.05. The minimum atomic E-state index is -0.642. The van der Waals surface area contributed by atoms with Crippen molar-refractivity contribution in [1.82, 2.24) is 0 Å². The number of carbonyl (C=O) groups excluding carboxylic acids is 1. The van der Waals surface area contributed by atoms with Crippen LogP contribution in [0.15, 0.2) is 18.2 Å². The van der Waals surface area contributed by atoms with Crippen LogP contribution in [0.5, 0.6) is 5.75 Å². The molecule has 0 fully saturated rings. The Morgan fingerprint density at radius 3 is 2.81 bits per heavy atom. The third-order valence-corrected chi connectivity index (χ3v) is 2.10. The second kappa shape index (κ2) is 5.26. The first kappa shape index (κ1) is 12.2. The molecule has 0 saturated carbocycles. The van der Waals surface area contributed by atoms with E-state index < -0.39 is 5.82 Å². The highest BCUT2D eigenvalue weighted by Crippen LogP contribution is 2.20. The predicted molar refractivity (Wildman–Crippen MR) is 56.5 cm³/mol. The fraction of sp³-hybridized carbons (Fsp3) is 0.333. The van der Waals surface area contributed by atoms with E-state index in [1.807, 2.05) is 0 Å². The average molecular weight is 221 g/mol. The monoisotopic (exact) mass is 221 g/mol. The molecule has 1 rings (SSSR count). The van der Waals surface area contributed by atoms with Crippen molar-refractivity contribution in [3.8, 4) is 11.8 Å². The number of nitrogens with zero attached hydrogens (tertiary/aromatic N) is 1. The van der Waals surface area contributed by atoms with E-state index in [4.69, 9.17) is 10.00 Å². The number of carbonyl (C=O) groups is 1. The van der Waals surface area contributed by atoms with Gasteiger partial charge in [0.25, 0.3) is 0 Å². The Hall–Kier alpha value is -1.89. The van der Waals surface area contributed by atoms with Gasteiger partial charge in [0.05, 0.1) is 0 Å². The van der Waals surface area contributed by atoms with Crippen LogP contribution in [-0.4, -0.2) is 12.4 Å². The van der Waals surface area contributed by atoms with Gasteiger partial charge in [0.15, 0.2) is 5.78 Å². The van der Waals surface area contributed by atoms with Gasteiger partial charge in [-0.2, -0.15) is 5.26 Å². The van der Waals surface area contributed by atoms with E-state index >= 15 is 0 Å². The molecule has 84 valence electrons. The van der Waals surface area contributed by atoms with Gasteiger partial charge >= 0.3 is 0 Å². The van der Waals surface area contributed by atoms with E-state index in [9.17, 15) is 9.18 Å². The van der Waals surface area contributed by atoms with Crippen LogP contribution in [0.2, 0.25) is 0 Å². The molecule has 1 aromatic rings. The number of Topliss-reactive ketones (excluding diaryl/α,β-unsaturated/α-hetero) is 1. The molecule has 0 atom stereocenters. The van der Waals surface area contributed by atoms with Crippen molar-refractivity contribution in [3.63, 3.8) is 0 Å². The Labute approximate surface area is 93.5 Å². The number of rotatable bonds is 4. The number of halogens is 1. The number of benzene rings is 1. The highest BCUT2D eigenvalue weighted by Gasteiger charge is 2.12. The molecular weight excluding hydrogens is 209 g/mol. The smallest absolute Gasteiger partial charge is 0.172 e. The summed E-state index contributed by atoms with van der Waals surface area (Å²) in [5.74, 6) is -0.763. The van der Waals surface area contributed by atoms with Crippen molar-refractivity contribution in [2.75, 3.05) is 6.61 Å². The zero-order chi connectivity index (χ0) is 12.1. The van der Waals surface area contributed by atoms with Crippen molar-refractivity contribution in [1.29, 1.82) is 5.26 Å². The van der Waals surface area contributed by atoms with E-state index in [0.717, 1.165) is 0 Å². The van der Waals surface area contributed by atoms with E-state index in [1.165, 1.54) is 18.2 Å². The summed E-state index contributed by atoms with van der Waals surface area (Å²) < 4.78 is 18.3. The molecule has 0 spiro atoms. The largest absolute Gasteiger partial charge is 0.484 e. The SMILES string of the molecule is CC(C)C(=O)COc1cccc(F)c1C#N. The minimum absolute atomic E-state index is 0.0897. The third-order valence-electron chi connectivity index (χ3n) is 2.10. The van der Waals surface area contributed by atoms with Crippen LogP contribution in [0, 0.1) is 23.1 Å². The van der Waals surface area contributed by atoms with Gasteiger partial charge in [0.2, 0.25) is 0 Å². The molecule has 1 aromatic carbocycles. The lowest BCUT2D eigenvalue weighted by Gasteiger charge is -2.08. The van der Waals surface area contributed by atoms with Crippen LogP contribution >= 0.6 is 0 Å². The molecule has 0 aromatic heterocycles. The average Bonchev–Trinajstić information content (AvgIpc) is 2.25. The van der Waals surface area contributed by atoms with Gasteiger partial charge in [-0.3, -0.25) is 4.79 Å². The van der Waals surface area contributed by atoms with Crippen molar-refractivity contribution < 1.29 is 13.9 Å². The fourth-order valence-electron chi connectivity index (χ4n) is 1.05. The molecule has 0 aliphatic heterocycles. The molecule has 4 heteroatoms. The summed E-state index contributed by atoms with van der Waals surface area (Å²) in [6.45, 7) is 3.36. The Balaban J connectivity index is 2.79. The lowest BCUT2D eigenvalue weighted by Crippen LogP contribution is -2.17. The molecule has 0 unspecified atom stereocenters. The second-order valence-electron chi connectivity index (χ2n) is 3.63. The molecule has 0 amide bonds. The summed E-state index contributed by atoms with van der Waals surface area (Å²) in [7, 11) is 0. The Kier molecular flexibility index (Phi) is 4.01. The normalized spacial score (nSPS) is 9.94. The number of ketones is 1. The van der Waals surface area contributed by atoms with Gasteiger partial charge in [-0.05, 0) is 12.1 Å². The molecule has 0 radical (unpaired) electrons. The summed E-state index contributed by atoms with van der Waals surface area (Å²) >= 11 is 0. The summed E-state index contributed by atoms with van der Waals surface area (Å²) in [5.41, 5.74) is -0.168. The lowest BCUT2D eigenvalue weighted by molar-refractivity contribution is -0.123. The predicted octanol–water partition coefficient (Wildman–Crippen LogP) is 2.30. The Bertz CT molecular complexity index is 435. The van der Waals surface area contributed by atoms with Crippen LogP contribution in [0.4, 0.5) is 4.39 Å². The van der Waals surface area contributed by atoms with Crippen LogP contribution in [0.25, 0.3) is 0 Å². The second-order valence-corrected chi connectivity index (χ2v) is 3.63. The third kappa shape index (κ3) is 2.80. The van der Waals surface area contributed by atoms with E-state index in [2.05, 4.69) is 0 Å². The standard InChI is InChI=1S/C12H12FNO2/c1-8(2)11(15)7-16-12-5-3-4-10(13)9(12)6-14/h3-5,8H,7H2,1-2H3. The van der Waals surface area contributed by atoms with Crippen LogP contribution in [0.3, 0.4) is 0 Å². The summed E-state index contributed by atoms with van der Waals surface area (Å²) in [5, 5.41) is 8.72. The molecule has 3 nitrogen and oxygen atoms in total. The quantitative estimate of drug-likeness (QED) is 0.783. The summed E-state index contributed by atoms with van der Waals surface area (Å²) in [6.07, 6.45) is 0. The number of ether oxygens (including phenoxy) is 1. The molecule has 16 heavy (non-hydrogen) atoms. The van der Waals surface area contributed by atoms with Crippen molar-refractivity contribution >= 4 is 5.78 Å². The maximum Gasteiger partial charge on any atom is 0.172 e. The highest BCUT2D eigenvalue weighted by atomic mass is 19.1. The van der Waals surface area contributed by atoms with Gasteiger partial charge in [-0.15, -0.1) is 0 Å². The van der Waals surface area contributed by atoms with E-state index in [0.29, 0.717) is 0 Å². The molecule has 0 aliphatic rings. The number of nitriles is 1. The van der Waals surface area contributed by atoms with Gasteiger partial charge in [-0.1, -0.05) is 19.9 Å². The van der Waals surface area contributed by atoms with Crippen LogP contribution in [-0.2, 0) is 4.79 Å². The van der Waals surface area contributed by atoms with Gasteiger partial charge in [0.1, 0.15) is 29.8 Å². The summed E-state index contributed by atoms with van der Waals surface area (Å²) in [4.78, 5) is 11.3. The van der Waals surface area contributed by atoms with E-state index in [-0.39, 0.29) is 29.6 Å². The maximum atomic E-state index is 13.1. The van der Waals surface area contributed by atoms with Gasteiger partial charge < -0.3 is 4.74 Å². The molecule has 0 saturated heterocycles. The van der Waals surface area contributed by atoms with Crippen LogP contribution in [0.1, 0.15) is 19.4 Å². The molecular formula is C12H12FNO2. The first-order valence-electron chi connectivity index (χ1n) is 4.90. The van der Waals surface area contributed by atoms with Gasteiger partial charge in [0, 0.05) is 5.92 Å². The molecule has 0 heterocycles. The zero-order valence-electron chi connectivity index (χ0n) is 9.16. The zero-order valence-corrected chi connectivity index (χ0v) is 9.16. The maximum absolute atomic E-state index is 13.1. The first-order chi connectivity index (χ1) is 7.56. The van der Waals surface area contributed by atoms with Crippen molar-refractivity contribution in [3.05, 3.63) is 29.6 Å². The lowest BCUT2D eigenvalue weighted by atomic mass is 10.1. The Morgan fingerprint density at radius 2 is 2.25 bits per heavy atom.